The normalized spacial score (nSPS) is 13.4. The Bertz CT molecular complexity index is 425. The van der Waals surface area contributed by atoms with Crippen molar-refractivity contribution in [3.05, 3.63) is 29.8 Å². The first-order valence-corrected chi connectivity index (χ1v) is 6.76. The van der Waals surface area contributed by atoms with Crippen LogP contribution in [0.4, 0.5) is 5.69 Å². The van der Waals surface area contributed by atoms with E-state index in [9.17, 15) is 8.42 Å². The molecule has 16 heavy (non-hydrogen) atoms. The zero-order valence-electron chi connectivity index (χ0n) is 9.47. The van der Waals surface area contributed by atoms with Gasteiger partial charge in [-0.1, -0.05) is 24.6 Å². The highest BCUT2D eigenvalue weighted by atomic mass is 32.2. The maximum absolute atomic E-state index is 11.6. The van der Waals surface area contributed by atoms with E-state index in [-0.39, 0.29) is 18.3 Å². The smallest absolute Gasteiger partial charge is 0.233 e. The lowest BCUT2D eigenvalue weighted by Gasteiger charge is -2.11. The number of sulfonamides is 1. The van der Waals surface area contributed by atoms with Crippen molar-refractivity contribution in [2.24, 2.45) is 5.92 Å². The van der Waals surface area contributed by atoms with Crippen molar-refractivity contribution in [1.82, 2.24) is 0 Å². The monoisotopic (exact) mass is 243 g/mol. The molecule has 90 valence electrons. The highest BCUT2D eigenvalue weighted by Gasteiger charge is 2.14. The van der Waals surface area contributed by atoms with Crippen molar-refractivity contribution in [1.29, 1.82) is 0 Å². The second-order valence-electron chi connectivity index (χ2n) is 4.04. The molecule has 1 rings (SSSR count). The van der Waals surface area contributed by atoms with Crippen LogP contribution in [0.5, 0.6) is 0 Å². The number of nitrogens with one attached hydrogen (secondary N) is 1. The minimum absolute atomic E-state index is 0.0720. The van der Waals surface area contributed by atoms with Crippen LogP contribution in [0, 0.1) is 12.8 Å². The van der Waals surface area contributed by atoms with Gasteiger partial charge in [0.15, 0.2) is 0 Å². The largest absolute Gasteiger partial charge is 0.396 e. The molecule has 1 unspecified atom stereocenters. The Labute approximate surface area is 96.4 Å². The summed E-state index contributed by atoms with van der Waals surface area (Å²) >= 11 is 0. The molecule has 0 heterocycles. The number of aryl methyl sites for hydroxylation is 1. The van der Waals surface area contributed by atoms with Gasteiger partial charge >= 0.3 is 0 Å². The summed E-state index contributed by atoms with van der Waals surface area (Å²) in [6.07, 6.45) is 0. The van der Waals surface area contributed by atoms with Gasteiger partial charge < -0.3 is 5.11 Å². The van der Waals surface area contributed by atoms with Crippen LogP contribution in [-0.2, 0) is 10.0 Å². The predicted molar refractivity (Wildman–Crippen MR) is 64.8 cm³/mol. The maximum atomic E-state index is 11.6. The summed E-state index contributed by atoms with van der Waals surface area (Å²) < 4.78 is 25.7. The highest BCUT2D eigenvalue weighted by molar-refractivity contribution is 7.92. The van der Waals surface area contributed by atoms with E-state index in [1.165, 1.54) is 0 Å². The van der Waals surface area contributed by atoms with E-state index in [0.29, 0.717) is 5.69 Å². The first-order valence-electron chi connectivity index (χ1n) is 5.11. The number of hydrogen-bond acceptors (Lipinski definition) is 3. The maximum Gasteiger partial charge on any atom is 0.233 e. The minimum atomic E-state index is -3.37. The first-order chi connectivity index (χ1) is 7.43. The highest BCUT2D eigenvalue weighted by Crippen LogP contribution is 2.12. The van der Waals surface area contributed by atoms with Gasteiger partial charge in [0.05, 0.1) is 5.75 Å². The van der Waals surface area contributed by atoms with Crippen molar-refractivity contribution in [3.8, 4) is 0 Å². The van der Waals surface area contributed by atoms with Crippen molar-refractivity contribution in [3.63, 3.8) is 0 Å². The van der Waals surface area contributed by atoms with Gasteiger partial charge in [0.2, 0.25) is 10.0 Å². The lowest BCUT2D eigenvalue weighted by atomic mass is 10.2. The third kappa shape index (κ3) is 4.20. The molecule has 0 bridgehead atoms. The van der Waals surface area contributed by atoms with Crippen molar-refractivity contribution in [2.45, 2.75) is 13.8 Å². The molecule has 1 aromatic carbocycles. The number of rotatable bonds is 5. The van der Waals surface area contributed by atoms with E-state index in [2.05, 4.69) is 4.72 Å². The Balaban J connectivity index is 2.69. The number of anilines is 1. The van der Waals surface area contributed by atoms with Gasteiger partial charge in [-0.2, -0.15) is 0 Å². The van der Waals surface area contributed by atoms with E-state index in [1.807, 2.05) is 19.1 Å². The lowest BCUT2D eigenvalue weighted by molar-refractivity contribution is 0.249. The van der Waals surface area contributed by atoms with Crippen LogP contribution < -0.4 is 4.72 Å². The van der Waals surface area contributed by atoms with Crippen LogP contribution in [0.15, 0.2) is 24.3 Å². The van der Waals surface area contributed by atoms with Crippen molar-refractivity contribution >= 4 is 15.7 Å². The van der Waals surface area contributed by atoms with Crippen LogP contribution in [0.1, 0.15) is 12.5 Å². The SMILES string of the molecule is Cc1ccc(NS(=O)(=O)CC(C)CO)cc1. The molecule has 0 aliphatic carbocycles. The van der Waals surface area contributed by atoms with Crippen molar-refractivity contribution in [2.75, 3.05) is 17.1 Å². The summed E-state index contributed by atoms with van der Waals surface area (Å²) in [6.45, 7) is 3.50. The van der Waals surface area contributed by atoms with Crippen molar-refractivity contribution < 1.29 is 13.5 Å². The summed E-state index contributed by atoms with van der Waals surface area (Å²) in [6, 6.07) is 7.12. The molecule has 0 saturated heterocycles. The van der Waals surface area contributed by atoms with E-state index in [0.717, 1.165) is 5.56 Å². The van der Waals surface area contributed by atoms with E-state index >= 15 is 0 Å². The molecular weight excluding hydrogens is 226 g/mol. The number of hydrogen-bond donors (Lipinski definition) is 2. The van der Waals surface area contributed by atoms with E-state index in [4.69, 9.17) is 5.11 Å². The topological polar surface area (TPSA) is 66.4 Å². The second kappa shape index (κ2) is 5.32. The summed E-state index contributed by atoms with van der Waals surface area (Å²) in [5.41, 5.74) is 1.63. The average molecular weight is 243 g/mol. The first kappa shape index (κ1) is 13.0. The summed E-state index contributed by atoms with van der Waals surface area (Å²) in [5, 5.41) is 8.81. The zero-order chi connectivity index (χ0) is 12.2. The van der Waals surface area contributed by atoms with Crippen LogP contribution in [-0.4, -0.2) is 25.9 Å². The molecule has 1 atom stereocenters. The molecule has 0 aromatic heterocycles. The molecule has 5 heteroatoms. The summed E-state index contributed by atoms with van der Waals surface area (Å²) in [4.78, 5) is 0. The number of aliphatic hydroxyl groups is 1. The average Bonchev–Trinajstić information content (AvgIpc) is 2.20. The Kier molecular flexibility index (Phi) is 4.32. The van der Waals surface area contributed by atoms with Gasteiger partial charge in [0.25, 0.3) is 0 Å². The Morgan fingerprint density at radius 1 is 1.31 bits per heavy atom. The fourth-order valence-electron chi connectivity index (χ4n) is 1.27. The third-order valence-corrected chi connectivity index (χ3v) is 3.70. The molecule has 0 fully saturated rings. The minimum Gasteiger partial charge on any atom is -0.396 e. The Morgan fingerprint density at radius 3 is 2.38 bits per heavy atom. The molecular formula is C11H17NO3S. The molecule has 2 N–H and O–H groups in total. The summed E-state index contributed by atoms with van der Waals surface area (Å²) in [7, 11) is -3.37. The van der Waals surface area contributed by atoms with Gasteiger partial charge in [0, 0.05) is 12.3 Å². The Hall–Kier alpha value is -1.07. The molecule has 4 nitrogen and oxygen atoms in total. The summed E-state index contributed by atoms with van der Waals surface area (Å²) in [5.74, 6) is -0.333. The molecule has 0 aliphatic rings. The fraction of sp³-hybridized carbons (Fsp3) is 0.455. The fourth-order valence-corrected chi connectivity index (χ4v) is 2.70. The molecule has 0 aliphatic heterocycles. The van der Waals surface area contributed by atoms with Gasteiger partial charge in [-0.15, -0.1) is 0 Å². The zero-order valence-corrected chi connectivity index (χ0v) is 10.3. The molecule has 0 saturated carbocycles. The number of aliphatic hydroxyl groups excluding tert-OH is 1. The van der Waals surface area contributed by atoms with E-state index < -0.39 is 10.0 Å². The second-order valence-corrected chi connectivity index (χ2v) is 5.80. The van der Waals surface area contributed by atoms with Crippen LogP contribution in [0.2, 0.25) is 0 Å². The van der Waals surface area contributed by atoms with E-state index in [1.54, 1.807) is 19.1 Å². The quantitative estimate of drug-likeness (QED) is 0.820. The van der Waals surface area contributed by atoms with Gasteiger partial charge in [-0.05, 0) is 25.0 Å². The molecule has 1 aromatic rings. The third-order valence-electron chi connectivity index (χ3n) is 2.14. The number of benzene rings is 1. The van der Waals surface area contributed by atoms with Crippen LogP contribution in [0.3, 0.4) is 0 Å². The predicted octanol–water partition coefficient (Wildman–Crippen LogP) is 1.37. The standard InChI is InChI=1S/C11H17NO3S/c1-9-3-5-11(6-4-9)12-16(14,15)8-10(2)7-13/h3-6,10,12-13H,7-8H2,1-2H3. The molecule has 0 radical (unpaired) electrons. The van der Waals surface area contributed by atoms with Crippen LogP contribution >= 0.6 is 0 Å². The van der Waals surface area contributed by atoms with Gasteiger partial charge in [0.1, 0.15) is 0 Å². The van der Waals surface area contributed by atoms with Gasteiger partial charge in [-0.25, -0.2) is 8.42 Å². The lowest BCUT2D eigenvalue weighted by Crippen LogP contribution is -2.23. The van der Waals surface area contributed by atoms with Crippen LogP contribution in [0.25, 0.3) is 0 Å². The van der Waals surface area contributed by atoms with Gasteiger partial charge in [-0.3, -0.25) is 4.72 Å². The molecule has 0 spiro atoms. The molecule has 0 amide bonds. The Morgan fingerprint density at radius 2 is 1.88 bits per heavy atom.